The minimum atomic E-state index is -0.370. The number of nitrogens with one attached hydrogen (secondary N) is 2. The number of ether oxygens (including phenoxy) is 4. The van der Waals surface area contributed by atoms with Crippen LogP contribution >= 0.6 is 23.1 Å². The second-order valence-electron chi connectivity index (χ2n) is 6.88. The summed E-state index contributed by atoms with van der Waals surface area (Å²) in [7, 11) is 4.57. The SMILES string of the molecule is COc1cc(/C=C/C(=O)Nc2nnc(SCC(=O)NC[C@@H]3CCCO3)s2)cc(OC)c1OC. The Labute approximate surface area is 200 Å². The van der Waals surface area contributed by atoms with Crippen molar-refractivity contribution in [1.29, 1.82) is 0 Å². The van der Waals surface area contributed by atoms with Gasteiger partial charge in [0.2, 0.25) is 22.7 Å². The summed E-state index contributed by atoms with van der Waals surface area (Å²) in [5.74, 6) is 1.21. The average molecular weight is 495 g/mol. The van der Waals surface area contributed by atoms with Gasteiger partial charge in [-0.3, -0.25) is 14.9 Å². The highest BCUT2D eigenvalue weighted by Gasteiger charge is 2.17. The number of amides is 2. The second-order valence-corrected chi connectivity index (χ2v) is 9.08. The van der Waals surface area contributed by atoms with Crippen LogP contribution in [0.5, 0.6) is 17.2 Å². The molecule has 2 aromatic rings. The van der Waals surface area contributed by atoms with Crippen LogP contribution in [0.15, 0.2) is 22.5 Å². The summed E-state index contributed by atoms with van der Waals surface area (Å²) in [6.45, 7) is 1.28. The van der Waals surface area contributed by atoms with Gasteiger partial charge in [0.1, 0.15) is 0 Å². The summed E-state index contributed by atoms with van der Waals surface area (Å²) in [5, 5.41) is 13.8. The van der Waals surface area contributed by atoms with Crippen molar-refractivity contribution in [2.24, 2.45) is 0 Å². The van der Waals surface area contributed by atoms with Crippen molar-refractivity contribution < 1.29 is 28.5 Å². The molecule has 178 valence electrons. The Morgan fingerprint density at radius 1 is 1.21 bits per heavy atom. The van der Waals surface area contributed by atoms with E-state index in [1.807, 2.05) is 0 Å². The summed E-state index contributed by atoms with van der Waals surface area (Å²) < 4.78 is 22.0. The van der Waals surface area contributed by atoms with Gasteiger partial charge >= 0.3 is 0 Å². The zero-order valence-electron chi connectivity index (χ0n) is 18.6. The van der Waals surface area contributed by atoms with Crippen molar-refractivity contribution in [2.75, 3.05) is 45.6 Å². The molecule has 1 aromatic heterocycles. The van der Waals surface area contributed by atoms with Gasteiger partial charge in [0.25, 0.3) is 0 Å². The third kappa shape index (κ3) is 7.34. The quantitative estimate of drug-likeness (QED) is 0.276. The first kappa shape index (κ1) is 24.8. The molecule has 0 spiro atoms. The lowest BCUT2D eigenvalue weighted by atomic mass is 10.1. The van der Waals surface area contributed by atoms with E-state index in [0.29, 0.717) is 38.8 Å². The van der Waals surface area contributed by atoms with Crippen molar-refractivity contribution in [2.45, 2.75) is 23.3 Å². The lowest BCUT2D eigenvalue weighted by Gasteiger charge is -2.12. The third-order valence-electron chi connectivity index (χ3n) is 4.63. The van der Waals surface area contributed by atoms with Crippen molar-refractivity contribution >= 4 is 46.1 Å². The molecule has 1 aliphatic rings. The second kappa shape index (κ2) is 12.4. The Kier molecular flexibility index (Phi) is 9.34. The van der Waals surface area contributed by atoms with Gasteiger partial charge in [0.15, 0.2) is 15.8 Å². The summed E-state index contributed by atoms with van der Waals surface area (Å²) in [6, 6.07) is 3.46. The number of anilines is 1. The largest absolute Gasteiger partial charge is 0.493 e. The van der Waals surface area contributed by atoms with E-state index in [2.05, 4.69) is 20.8 Å². The van der Waals surface area contributed by atoms with Crippen LogP contribution in [0.2, 0.25) is 0 Å². The van der Waals surface area contributed by atoms with Crippen LogP contribution in [0.1, 0.15) is 18.4 Å². The highest BCUT2D eigenvalue weighted by atomic mass is 32.2. The van der Waals surface area contributed by atoms with E-state index in [-0.39, 0.29) is 23.7 Å². The lowest BCUT2D eigenvalue weighted by Crippen LogP contribution is -2.32. The van der Waals surface area contributed by atoms with Gasteiger partial charge in [-0.05, 0) is 36.6 Å². The van der Waals surface area contributed by atoms with E-state index >= 15 is 0 Å². The molecule has 0 aliphatic carbocycles. The first-order valence-electron chi connectivity index (χ1n) is 10.2. The van der Waals surface area contributed by atoms with Crippen LogP contribution in [0.4, 0.5) is 5.13 Å². The van der Waals surface area contributed by atoms with Crippen LogP contribution in [0.25, 0.3) is 6.08 Å². The molecule has 2 amide bonds. The maximum absolute atomic E-state index is 12.3. The number of carbonyl (C=O) groups excluding carboxylic acids is 2. The van der Waals surface area contributed by atoms with E-state index in [4.69, 9.17) is 18.9 Å². The van der Waals surface area contributed by atoms with Gasteiger partial charge in [-0.15, -0.1) is 10.2 Å². The highest BCUT2D eigenvalue weighted by Crippen LogP contribution is 2.38. The number of nitrogens with zero attached hydrogens (tertiary/aromatic N) is 2. The fourth-order valence-electron chi connectivity index (χ4n) is 3.05. The monoisotopic (exact) mass is 494 g/mol. The summed E-state index contributed by atoms with van der Waals surface area (Å²) in [4.78, 5) is 24.2. The van der Waals surface area contributed by atoms with E-state index in [1.165, 1.54) is 50.5 Å². The van der Waals surface area contributed by atoms with Crippen LogP contribution in [0.3, 0.4) is 0 Å². The topological polar surface area (TPSA) is 121 Å². The Morgan fingerprint density at radius 3 is 2.61 bits per heavy atom. The maximum Gasteiger partial charge on any atom is 0.250 e. The molecule has 1 saturated heterocycles. The number of benzene rings is 1. The molecule has 0 saturated carbocycles. The van der Waals surface area contributed by atoms with E-state index < -0.39 is 0 Å². The summed E-state index contributed by atoms with van der Waals surface area (Å²) >= 11 is 2.46. The molecule has 33 heavy (non-hydrogen) atoms. The minimum Gasteiger partial charge on any atom is -0.493 e. The van der Waals surface area contributed by atoms with Crippen LogP contribution in [-0.4, -0.2) is 68.3 Å². The Bertz CT molecular complexity index is 966. The van der Waals surface area contributed by atoms with Crippen molar-refractivity contribution in [1.82, 2.24) is 15.5 Å². The molecule has 1 aliphatic heterocycles. The zero-order chi connectivity index (χ0) is 23.6. The van der Waals surface area contributed by atoms with Crippen LogP contribution in [0, 0.1) is 0 Å². The first-order chi connectivity index (χ1) is 16.0. The number of rotatable bonds is 11. The number of hydrogen-bond acceptors (Lipinski definition) is 10. The Balaban J connectivity index is 1.49. The van der Waals surface area contributed by atoms with E-state index in [9.17, 15) is 9.59 Å². The lowest BCUT2D eigenvalue weighted by molar-refractivity contribution is -0.119. The number of carbonyl (C=O) groups is 2. The van der Waals surface area contributed by atoms with E-state index in [1.54, 1.807) is 18.2 Å². The van der Waals surface area contributed by atoms with Gasteiger partial charge in [0.05, 0.1) is 33.2 Å². The van der Waals surface area contributed by atoms with Gasteiger partial charge in [-0.1, -0.05) is 23.1 Å². The van der Waals surface area contributed by atoms with E-state index in [0.717, 1.165) is 19.4 Å². The molecule has 1 aromatic carbocycles. The van der Waals surface area contributed by atoms with Gasteiger partial charge in [-0.25, -0.2) is 0 Å². The number of thioether (sulfide) groups is 1. The molecule has 0 radical (unpaired) electrons. The third-order valence-corrected chi connectivity index (χ3v) is 6.60. The molecular formula is C21H26N4O6S2. The van der Waals surface area contributed by atoms with Crippen molar-refractivity contribution in [3.05, 3.63) is 23.8 Å². The number of aromatic nitrogens is 2. The zero-order valence-corrected chi connectivity index (χ0v) is 20.2. The molecule has 1 fully saturated rings. The standard InChI is InChI=1S/C21H26N4O6S2/c1-28-15-9-13(10-16(29-2)19(15)30-3)6-7-17(26)23-20-24-25-21(33-20)32-12-18(27)22-11-14-5-4-8-31-14/h6-7,9-10,14H,4-5,8,11-12H2,1-3H3,(H,22,27)(H,23,24,26)/b7-6+/t14-/m0/s1. The molecule has 0 unspecified atom stereocenters. The normalized spacial score (nSPS) is 15.4. The first-order valence-corrected chi connectivity index (χ1v) is 12.0. The molecule has 0 bridgehead atoms. The molecule has 1 atom stereocenters. The number of hydrogen-bond donors (Lipinski definition) is 2. The molecule has 3 rings (SSSR count). The van der Waals surface area contributed by atoms with Gasteiger partial charge in [-0.2, -0.15) is 0 Å². The molecular weight excluding hydrogens is 468 g/mol. The maximum atomic E-state index is 12.3. The Morgan fingerprint density at radius 2 is 1.97 bits per heavy atom. The predicted molar refractivity (Wildman–Crippen MR) is 126 cm³/mol. The minimum absolute atomic E-state index is 0.0930. The van der Waals surface area contributed by atoms with Crippen molar-refractivity contribution in [3.8, 4) is 17.2 Å². The summed E-state index contributed by atoms with van der Waals surface area (Å²) in [5.41, 5.74) is 0.696. The molecule has 10 nitrogen and oxygen atoms in total. The molecule has 2 heterocycles. The fourth-order valence-corrected chi connectivity index (χ4v) is 4.63. The van der Waals surface area contributed by atoms with Crippen LogP contribution < -0.4 is 24.8 Å². The summed E-state index contributed by atoms with van der Waals surface area (Å²) in [6.07, 6.45) is 5.10. The number of methoxy groups -OCH3 is 3. The van der Waals surface area contributed by atoms with Gasteiger partial charge in [0, 0.05) is 19.2 Å². The molecule has 12 heteroatoms. The van der Waals surface area contributed by atoms with Crippen LogP contribution in [-0.2, 0) is 14.3 Å². The predicted octanol–water partition coefficient (Wildman–Crippen LogP) is 2.60. The smallest absolute Gasteiger partial charge is 0.250 e. The highest BCUT2D eigenvalue weighted by molar-refractivity contribution is 8.01. The Hall–Kier alpha value is -2.83. The average Bonchev–Trinajstić information content (AvgIpc) is 3.51. The van der Waals surface area contributed by atoms with Gasteiger partial charge < -0.3 is 24.3 Å². The fraction of sp³-hybridized carbons (Fsp3) is 0.429. The van der Waals surface area contributed by atoms with Crippen molar-refractivity contribution in [3.63, 3.8) is 0 Å². The molecule has 2 N–H and O–H groups in total.